The van der Waals surface area contributed by atoms with Gasteiger partial charge in [0, 0.05) is 0 Å². The molecule has 3 rings (SSSR count). The zero-order valence-corrected chi connectivity index (χ0v) is 20.6. The number of ether oxygens (including phenoxy) is 3. The fourth-order valence-electron chi connectivity index (χ4n) is 3.92. The van der Waals surface area contributed by atoms with Crippen molar-refractivity contribution in [2.45, 2.75) is 36.4 Å². The van der Waals surface area contributed by atoms with E-state index < -0.39 is 5.60 Å². The van der Waals surface area contributed by atoms with Crippen molar-refractivity contribution in [3.63, 3.8) is 0 Å². The Morgan fingerprint density at radius 2 is 2.00 bits per heavy atom. The van der Waals surface area contributed by atoms with E-state index in [1.807, 2.05) is 36.0 Å². The molecule has 0 unspecified atom stereocenters. The summed E-state index contributed by atoms with van der Waals surface area (Å²) in [5, 5.41) is 1.25. The van der Waals surface area contributed by atoms with E-state index in [1.54, 1.807) is 7.11 Å². The topological polar surface area (TPSA) is 44.8 Å². The van der Waals surface area contributed by atoms with Gasteiger partial charge in [-0.25, -0.2) is 0 Å². The maximum absolute atomic E-state index is 12.2. The molecule has 0 aliphatic carbocycles. The van der Waals surface area contributed by atoms with Crippen LogP contribution in [0, 0.1) is 5.92 Å². The van der Waals surface area contributed by atoms with Gasteiger partial charge in [-0.05, 0) is 0 Å². The number of esters is 1. The van der Waals surface area contributed by atoms with Gasteiger partial charge in [-0.2, -0.15) is 0 Å². The van der Waals surface area contributed by atoms with E-state index in [1.165, 1.54) is 17.1 Å². The Bertz CT molecular complexity index is 844. The molecule has 30 heavy (non-hydrogen) atoms. The first-order chi connectivity index (χ1) is 14.5. The van der Waals surface area contributed by atoms with E-state index in [2.05, 4.69) is 38.1 Å². The van der Waals surface area contributed by atoms with Crippen LogP contribution in [0.25, 0.3) is 0 Å². The summed E-state index contributed by atoms with van der Waals surface area (Å²) in [7, 11) is 3.19. The number of hydrogen-bond acceptors (Lipinski definition) is 5. The molecule has 162 valence electrons. The molecular formula is C24H30O4SSe. The summed E-state index contributed by atoms with van der Waals surface area (Å²) in [6, 6.07) is 16.6. The minimum absolute atomic E-state index is 0.116. The van der Waals surface area contributed by atoms with Gasteiger partial charge in [0.05, 0.1) is 0 Å². The van der Waals surface area contributed by atoms with Gasteiger partial charge >= 0.3 is 190 Å². The molecule has 0 aromatic heterocycles. The SMILES string of the molecule is CCS[C@H](C)c1cccc(OC)c1[Se]C[C@]1(c2ccccc2)C[C@H](C(=O)OC)CO1. The molecular weight excluding hydrogens is 463 g/mol. The first-order valence-corrected chi connectivity index (χ1v) is 13.3. The second-order valence-electron chi connectivity index (χ2n) is 7.36. The predicted octanol–water partition coefficient (Wildman–Crippen LogP) is 4.36. The number of carbonyl (C=O) groups is 1. The van der Waals surface area contributed by atoms with Crippen LogP contribution in [0.5, 0.6) is 5.75 Å². The van der Waals surface area contributed by atoms with Crippen LogP contribution in [0.15, 0.2) is 48.5 Å². The first-order valence-electron chi connectivity index (χ1n) is 10.2. The van der Waals surface area contributed by atoms with Gasteiger partial charge in [0.15, 0.2) is 0 Å². The summed E-state index contributed by atoms with van der Waals surface area (Å²) < 4.78 is 18.4. The Morgan fingerprint density at radius 1 is 1.23 bits per heavy atom. The number of hydrogen-bond donors (Lipinski definition) is 0. The van der Waals surface area contributed by atoms with E-state index in [9.17, 15) is 4.79 Å². The van der Waals surface area contributed by atoms with Gasteiger partial charge < -0.3 is 0 Å². The Morgan fingerprint density at radius 3 is 2.67 bits per heavy atom. The van der Waals surface area contributed by atoms with E-state index in [-0.39, 0.29) is 26.8 Å². The second kappa shape index (κ2) is 10.7. The summed E-state index contributed by atoms with van der Waals surface area (Å²) >= 11 is 2.06. The van der Waals surface area contributed by atoms with Gasteiger partial charge in [-0.15, -0.1) is 0 Å². The number of thioether (sulfide) groups is 1. The van der Waals surface area contributed by atoms with Gasteiger partial charge in [0.25, 0.3) is 0 Å². The fraction of sp³-hybridized carbons (Fsp3) is 0.458. The Kier molecular flexibility index (Phi) is 8.29. The predicted molar refractivity (Wildman–Crippen MR) is 124 cm³/mol. The zero-order valence-electron chi connectivity index (χ0n) is 18.1. The summed E-state index contributed by atoms with van der Waals surface area (Å²) in [6.45, 7) is 4.85. The van der Waals surface area contributed by atoms with Crippen molar-refractivity contribution in [2.24, 2.45) is 5.92 Å². The average molecular weight is 494 g/mol. The van der Waals surface area contributed by atoms with E-state index >= 15 is 0 Å². The molecule has 4 nitrogen and oxygen atoms in total. The Hall–Kier alpha value is -1.46. The number of carbonyl (C=O) groups excluding carboxylic acids is 1. The minimum atomic E-state index is -0.473. The molecule has 0 spiro atoms. The van der Waals surface area contributed by atoms with Crippen LogP contribution in [0.1, 0.15) is 36.6 Å². The van der Waals surface area contributed by atoms with E-state index in [4.69, 9.17) is 14.2 Å². The third kappa shape index (κ3) is 5.05. The molecule has 2 aromatic rings. The quantitative estimate of drug-likeness (QED) is 0.384. The Labute approximate surface area is 190 Å². The van der Waals surface area contributed by atoms with Gasteiger partial charge in [-0.1, -0.05) is 0 Å². The molecule has 2 aromatic carbocycles. The molecule has 0 N–H and O–H groups in total. The molecule has 1 aliphatic rings. The molecule has 6 heteroatoms. The van der Waals surface area contributed by atoms with Crippen molar-refractivity contribution in [1.82, 2.24) is 0 Å². The van der Waals surface area contributed by atoms with Crippen LogP contribution in [-0.2, 0) is 19.9 Å². The van der Waals surface area contributed by atoms with Crippen LogP contribution in [-0.4, -0.2) is 47.5 Å². The van der Waals surface area contributed by atoms with Crippen LogP contribution in [0.4, 0.5) is 0 Å². The van der Waals surface area contributed by atoms with Gasteiger partial charge in [0.2, 0.25) is 0 Å². The van der Waals surface area contributed by atoms with E-state index in [0.717, 1.165) is 22.4 Å². The first kappa shape index (κ1) is 23.2. The molecule has 1 heterocycles. The third-order valence-corrected chi connectivity index (χ3v) is 9.40. The van der Waals surface area contributed by atoms with Crippen LogP contribution in [0.2, 0.25) is 5.32 Å². The fourth-order valence-corrected chi connectivity index (χ4v) is 8.01. The van der Waals surface area contributed by atoms with Crippen molar-refractivity contribution < 1.29 is 19.0 Å². The maximum atomic E-state index is 12.2. The summed E-state index contributed by atoms with van der Waals surface area (Å²) in [5.74, 6) is 1.61. The summed E-state index contributed by atoms with van der Waals surface area (Å²) in [5.41, 5.74) is 2.00. The van der Waals surface area contributed by atoms with Gasteiger partial charge in [0.1, 0.15) is 0 Å². The molecule has 0 bridgehead atoms. The molecule has 0 saturated carbocycles. The number of benzene rings is 2. The Balaban J connectivity index is 1.91. The molecule has 0 amide bonds. The third-order valence-electron chi connectivity index (χ3n) is 5.50. The molecule has 1 aliphatic heterocycles. The summed E-state index contributed by atoms with van der Waals surface area (Å²) in [6.07, 6.45) is 0.648. The summed E-state index contributed by atoms with van der Waals surface area (Å²) in [4.78, 5) is 12.2. The van der Waals surface area contributed by atoms with Crippen LogP contribution in [0.3, 0.4) is 0 Å². The average Bonchev–Trinajstić information content (AvgIpc) is 3.23. The normalized spacial score (nSPS) is 21.9. The van der Waals surface area contributed by atoms with E-state index in [0.29, 0.717) is 18.3 Å². The molecule has 1 saturated heterocycles. The van der Waals surface area contributed by atoms with Crippen molar-refractivity contribution in [3.8, 4) is 5.75 Å². The van der Waals surface area contributed by atoms with Crippen LogP contribution < -0.4 is 9.20 Å². The van der Waals surface area contributed by atoms with Crippen LogP contribution >= 0.6 is 11.8 Å². The molecule has 3 atom stereocenters. The van der Waals surface area contributed by atoms with Crippen molar-refractivity contribution in [2.75, 3.05) is 26.6 Å². The van der Waals surface area contributed by atoms with Crippen molar-refractivity contribution in [3.05, 3.63) is 59.7 Å². The van der Waals surface area contributed by atoms with Gasteiger partial charge in [-0.3, -0.25) is 0 Å². The number of methoxy groups -OCH3 is 2. The van der Waals surface area contributed by atoms with Crippen molar-refractivity contribution >= 4 is 37.1 Å². The second-order valence-corrected chi connectivity index (χ2v) is 11.0. The zero-order chi connectivity index (χ0) is 21.6. The van der Waals surface area contributed by atoms with Crippen molar-refractivity contribution in [1.29, 1.82) is 0 Å². The number of rotatable bonds is 9. The standard InChI is InChI=1S/C24H30O4SSe/c1-5-29-17(2)20-12-9-13-21(26-3)22(20)30-16-24(19-10-7-6-8-11-19)14-18(15-28-24)23(25)27-4/h6-13,17-18H,5,14-16H2,1-4H3/t17-,18+,24+/m1/s1. The molecule has 0 radical (unpaired) electrons. The monoisotopic (exact) mass is 494 g/mol. The molecule has 1 fully saturated rings.